The molecule has 0 spiro atoms. The number of ether oxygens (including phenoxy) is 1. The number of carbonyl (C=O) groups excluding carboxylic acids is 2. The predicted molar refractivity (Wildman–Crippen MR) is 78.3 cm³/mol. The molecule has 6 heteroatoms. The highest BCUT2D eigenvalue weighted by atomic mass is 79.9. The van der Waals surface area contributed by atoms with Gasteiger partial charge in [0.2, 0.25) is 0 Å². The molecule has 0 saturated carbocycles. The predicted octanol–water partition coefficient (Wildman–Crippen LogP) is 1.69. The molecule has 0 saturated heterocycles. The number of hydrogen-bond donors (Lipinski definition) is 1. The average molecular weight is 344 g/mol. The van der Waals surface area contributed by atoms with Gasteiger partial charge in [-0.05, 0) is 18.2 Å². The van der Waals surface area contributed by atoms with Crippen molar-refractivity contribution in [3.63, 3.8) is 0 Å². The van der Waals surface area contributed by atoms with Gasteiger partial charge in [-0.15, -0.1) is 0 Å². The number of halogens is 1. The van der Waals surface area contributed by atoms with Crippen LogP contribution in [0.1, 0.15) is 17.3 Å². The van der Waals surface area contributed by atoms with E-state index in [0.29, 0.717) is 5.56 Å². The summed E-state index contributed by atoms with van der Waals surface area (Å²) < 4.78 is 5.45. The Hall–Kier alpha value is -1.40. The fourth-order valence-electron chi connectivity index (χ4n) is 1.81. The van der Waals surface area contributed by atoms with Gasteiger partial charge in [-0.25, -0.2) is 0 Å². The number of aliphatic hydroxyl groups is 1. The van der Waals surface area contributed by atoms with E-state index >= 15 is 0 Å². The van der Waals surface area contributed by atoms with Crippen molar-refractivity contribution in [1.82, 2.24) is 4.90 Å². The summed E-state index contributed by atoms with van der Waals surface area (Å²) in [5.74, 6) is -1.05. The molecule has 1 unspecified atom stereocenters. The molecule has 0 fully saturated rings. The third kappa shape index (κ3) is 4.61. The molecule has 5 nitrogen and oxygen atoms in total. The minimum absolute atomic E-state index is 0.159. The molecule has 1 rings (SSSR count). The van der Waals surface area contributed by atoms with E-state index in [-0.39, 0.29) is 31.6 Å². The number of rotatable bonds is 6. The average Bonchev–Trinajstić information content (AvgIpc) is 2.45. The van der Waals surface area contributed by atoms with Crippen LogP contribution in [0.2, 0.25) is 0 Å². The molecule has 1 N–H and O–H groups in total. The van der Waals surface area contributed by atoms with Gasteiger partial charge in [0, 0.05) is 23.1 Å². The number of esters is 1. The Morgan fingerprint density at radius 2 is 2.15 bits per heavy atom. The molecule has 0 radical (unpaired) electrons. The molecule has 0 aliphatic heterocycles. The lowest BCUT2D eigenvalue weighted by atomic mass is 10.1. The van der Waals surface area contributed by atoms with Crippen LogP contribution in [0.25, 0.3) is 0 Å². The Morgan fingerprint density at radius 1 is 1.45 bits per heavy atom. The van der Waals surface area contributed by atoms with Gasteiger partial charge in [-0.3, -0.25) is 9.59 Å². The van der Waals surface area contributed by atoms with Crippen molar-refractivity contribution >= 4 is 27.8 Å². The Labute approximate surface area is 126 Å². The van der Waals surface area contributed by atoms with Crippen molar-refractivity contribution in [2.45, 2.75) is 6.92 Å². The van der Waals surface area contributed by atoms with Gasteiger partial charge in [0.05, 0.1) is 19.6 Å². The first-order valence-electron chi connectivity index (χ1n) is 6.23. The molecular formula is C14H18BrNO4. The van der Waals surface area contributed by atoms with Crippen LogP contribution in [-0.2, 0) is 9.53 Å². The van der Waals surface area contributed by atoms with E-state index in [0.717, 1.165) is 4.47 Å². The minimum Gasteiger partial charge on any atom is -0.469 e. The van der Waals surface area contributed by atoms with Crippen molar-refractivity contribution in [2.24, 2.45) is 5.92 Å². The van der Waals surface area contributed by atoms with Crippen molar-refractivity contribution in [1.29, 1.82) is 0 Å². The first kappa shape index (κ1) is 16.7. The number of amides is 1. The summed E-state index contributed by atoms with van der Waals surface area (Å²) in [4.78, 5) is 25.3. The second-order valence-electron chi connectivity index (χ2n) is 4.41. The molecule has 1 amide bonds. The van der Waals surface area contributed by atoms with Crippen LogP contribution in [0.15, 0.2) is 28.7 Å². The zero-order chi connectivity index (χ0) is 15.1. The lowest BCUT2D eigenvalue weighted by molar-refractivity contribution is -0.145. The third-order valence-corrected chi connectivity index (χ3v) is 3.32. The van der Waals surface area contributed by atoms with Gasteiger partial charge in [0.1, 0.15) is 0 Å². The van der Waals surface area contributed by atoms with Gasteiger partial charge >= 0.3 is 5.97 Å². The number of carbonyl (C=O) groups is 2. The van der Waals surface area contributed by atoms with E-state index in [2.05, 4.69) is 20.7 Å². The van der Waals surface area contributed by atoms with E-state index in [1.807, 2.05) is 6.07 Å². The fourth-order valence-corrected chi connectivity index (χ4v) is 2.21. The molecule has 0 aliphatic carbocycles. The van der Waals surface area contributed by atoms with Crippen molar-refractivity contribution in [3.8, 4) is 0 Å². The maximum atomic E-state index is 12.4. The lowest BCUT2D eigenvalue weighted by Crippen LogP contribution is -2.39. The summed E-state index contributed by atoms with van der Waals surface area (Å²) in [7, 11) is 1.31. The molecule has 1 aromatic carbocycles. The summed E-state index contributed by atoms with van der Waals surface area (Å²) in [6.07, 6.45) is 0. The van der Waals surface area contributed by atoms with Crippen LogP contribution in [0, 0.1) is 5.92 Å². The fraction of sp³-hybridized carbons (Fsp3) is 0.429. The molecule has 0 aromatic heterocycles. The Kier molecular flexibility index (Phi) is 6.67. The Morgan fingerprint density at radius 3 is 2.70 bits per heavy atom. The number of hydrogen-bond acceptors (Lipinski definition) is 4. The molecule has 0 bridgehead atoms. The van der Waals surface area contributed by atoms with Gasteiger partial charge < -0.3 is 14.7 Å². The molecule has 1 atom stereocenters. The second-order valence-corrected chi connectivity index (χ2v) is 5.33. The maximum Gasteiger partial charge on any atom is 0.310 e. The van der Waals surface area contributed by atoms with E-state index in [4.69, 9.17) is 5.11 Å². The quantitative estimate of drug-likeness (QED) is 0.798. The van der Waals surface area contributed by atoms with Gasteiger partial charge in [0.15, 0.2) is 0 Å². The first-order chi connectivity index (χ1) is 9.49. The number of methoxy groups -OCH3 is 1. The zero-order valence-corrected chi connectivity index (χ0v) is 13.1. The van der Waals surface area contributed by atoms with E-state index in [1.165, 1.54) is 12.0 Å². The van der Waals surface area contributed by atoms with Crippen molar-refractivity contribution < 1.29 is 19.4 Å². The summed E-state index contributed by atoms with van der Waals surface area (Å²) >= 11 is 3.31. The summed E-state index contributed by atoms with van der Waals surface area (Å²) in [6, 6.07) is 6.98. The normalized spacial score (nSPS) is 11.8. The van der Waals surface area contributed by atoms with Gasteiger partial charge in [-0.1, -0.05) is 28.9 Å². The molecule has 0 heterocycles. The lowest BCUT2D eigenvalue weighted by Gasteiger charge is -2.24. The van der Waals surface area contributed by atoms with E-state index in [9.17, 15) is 9.59 Å². The van der Waals surface area contributed by atoms with Crippen molar-refractivity contribution in [3.05, 3.63) is 34.3 Å². The minimum atomic E-state index is -0.442. The monoisotopic (exact) mass is 343 g/mol. The highest BCUT2D eigenvalue weighted by Gasteiger charge is 2.22. The van der Waals surface area contributed by atoms with Crippen LogP contribution < -0.4 is 0 Å². The zero-order valence-electron chi connectivity index (χ0n) is 11.5. The highest BCUT2D eigenvalue weighted by molar-refractivity contribution is 9.10. The molecule has 1 aromatic rings. The molecule has 20 heavy (non-hydrogen) atoms. The smallest absolute Gasteiger partial charge is 0.310 e. The summed E-state index contributed by atoms with van der Waals surface area (Å²) in [6.45, 7) is 1.91. The van der Waals surface area contributed by atoms with Crippen LogP contribution >= 0.6 is 15.9 Å². The largest absolute Gasteiger partial charge is 0.469 e. The van der Waals surface area contributed by atoms with Crippen LogP contribution in [0.4, 0.5) is 0 Å². The van der Waals surface area contributed by atoms with Crippen LogP contribution in [-0.4, -0.2) is 48.7 Å². The SMILES string of the molecule is COC(=O)C(C)CN(CCO)C(=O)c1cccc(Br)c1. The molecule has 110 valence electrons. The van der Waals surface area contributed by atoms with E-state index < -0.39 is 5.92 Å². The second kappa shape index (κ2) is 8.01. The number of aliphatic hydroxyl groups excluding tert-OH is 1. The molecular weight excluding hydrogens is 326 g/mol. The van der Waals surface area contributed by atoms with Gasteiger partial charge in [0.25, 0.3) is 5.91 Å². The first-order valence-corrected chi connectivity index (χ1v) is 7.02. The maximum absolute atomic E-state index is 12.4. The Balaban J connectivity index is 2.84. The van der Waals surface area contributed by atoms with Gasteiger partial charge in [-0.2, -0.15) is 0 Å². The van der Waals surface area contributed by atoms with Crippen molar-refractivity contribution in [2.75, 3.05) is 26.8 Å². The van der Waals surface area contributed by atoms with Crippen LogP contribution in [0.3, 0.4) is 0 Å². The topological polar surface area (TPSA) is 66.8 Å². The summed E-state index contributed by atoms with van der Waals surface area (Å²) in [5.41, 5.74) is 0.505. The standard InChI is InChI=1S/C14H18BrNO4/c1-10(14(19)20-2)9-16(6-7-17)13(18)11-4-3-5-12(15)8-11/h3-5,8,10,17H,6-7,9H2,1-2H3. The third-order valence-electron chi connectivity index (χ3n) is 2.83. The number of benzene rings is 1. The Bertz CT molecular complexity index is 478. The molecule has 0 aliphatic rings. The number of nitrogens with zero attached hydrogens (tertiary/aromatic N) is 1. The highest BCUT2D eigenvalue weighted by Crippen LogP contribution is 2.14. The van der Waals surface area contributed by atoms with E-state index in [1.54, 1.807) is 25.1 Å². The van der Waals surface area contributed by atoms with Crippen LogP contribution in [0.5, 0.6) is 0 Å². The summed E-state index contributed by atoms with van der Waals surface area (Å²) in [5, 5.41) is 9.08.